The van der Waals surface area contributed by atoms with E-state index in [4.69, 9.17) is 4.98 Å². The lowest BCUT2D eigenvalue weighted by Gasteiger charge is -2.15. The monoisotopic (exact) mass is 534 g/mol. The number of hydrogen-bond acceptors (Lipinski definition) is 2. The number of fused-ring (bicyclic) bond motifs is 3. The predicted molar refractivity (Wildman–Crippen MR) is 176 cm³/mol. The van der Waals surface area contributed by atoms with E-state index in [0.717, 1.165) is 44.4 Å². The highest BCUT2D eigenvalue weighted by atomic mass is 14.7. The molecule has 0 aliphatic carbocycles. The van der Waals surface area contributed by atoms with Gasteiger partial charge < -0.3 is 0 Å². The van der Waals surface area contributed by atoms with Crippen molar-refractivity contribution in [1.82, 2.24) is 9.97 Å². The highest BCUT2D eigenvalue weighted by Crippen LogP contribution is 2.38. The maximum atomic E-state index is 5.25. The molecule has 8 rings (SSSR count). The number of hydrogen-bond donors (Lipinski definition) is 0. The van der Waals surface area contributed by atoms with Gasteiger partial charge in [0.25, 0.3) is 0 Å². The van der Waals surface area contributed by atoms with E-state index in [-0.39, 0.29) is 0 Å². The van der Waals surface area contributed by atoms with Gasteiger partial charge in [-0.05, 0) is 79.7 Å². The molecular formula is C40H26N2. The molecule has 42 heavy (non-hydrogen) atoms. The van der Waals surface area contributed by atoms with E-state index in [9.17, 15) is 0 Å². The van der Waals surface area contributed by atoms with Gasteiger partial charge in [-0.15, -0.1) is 0 Å². The van der Waals surface area contributed by atoms with Gasteiger partial charge in [0.15, 0.2) is 0 Å². The predicted octanol–water partition coefficient (Wildman–Crippen LogP) is 10.6. The zero-order valence-corrected chi connectivity index (χ0v) is 22.9. The summed E-state index contributed by atoms with van der Waals surface area (Å²) in [5.74, 6) is 0. The van der Waals surface area contributed by atoms with Gasteiger partial charge in [-0.1, -0.05) is 115 Å². The van der Waals surface area contributed by atoms with Crippen molar-refractivity contribution in [1.29, 1.82) is 0 Å². The lowest BCUT2D eigenvalue weighted by Crippen LogP contribution is -1.92. The van der Waals surface area contributed by atoms with Crippen LogP contribution in [0.2, 0.25) is 0 Å². The summed E-state index contributed by atoms with van der Waals surface area (Å²) in [5, 5.41) is 6.04. The molecule has 0 bridgehead atoms. The first-order chi connectivity index (χ1) is 20.8. The van der Waals surface area contributed by atoms with E-state index in [0.29, 0.717) is 0 Å². The Morgan fingerprint density at radius 3 is 1.81 bits per heavy atom. The Morgan fingerprint density at radius 2 is 1.02 bits per heavy atom. The Labute approximate surface area is 244 Å². The number of pyridine rings is 2. The molecular weight excluding hydrogens is 508 g/mol. The molecule has 2 aromatic heterocycles. The van der Waals surface area contributed by atoms with Gasteiger partial charge in [-0.25, -0.2) is 4.98 Å². The molecule has 0 spiro atoms. The van der Waals surface area contributed by atoms with Gasteiger partial charge >= 0.3 is 0 Å². The maximum Gasteiger partial charge on any atom is 0.0722 e. The molecule has 0 radical (unpaired) electrons. The fourth-order valence-corrected chi connectivity index (χ4v) is 6.10. The quantitative estimate of drug-likeness (QED) is 0.224. The van der Waals surface area contributed by atoms with Crippen molar-refractivity contribution in [3.63, 3.8) is 0 Å². The molecule has 0 amide bonds. The average Bonchev–Trinajstić information content (AvgIpc) is 3.07. The van der Waals surface area contributed by atoms with Crippen molar-refractivity contribution < 1.29 is 0 Å². The largest absolute Gasteiger partial charge is 0.264 e. The molecule has 196 valence electrons. The smallest absolute Gasteiger partial charge is 0.0722 e. The van der Waals surface area contributed by atoms with E-state index in [1.54, 1.807) is 0 Å². The first-order valence-corrected chi connectivity index (χ1v) is 14.2. The number of nitrogens with zero attached hydrogens (tertiary/aromatic N) is 2. The molecule has 0 unspecified atom stereocenters. The first kappa shape index (κ1) is 24.2. The minimum absolute atomic E-state index is 0.971. The van der Waals surface area contributed by atoms with E-state index in [2.05, 4.69) is 145 Å². The van der Waals surface area contributed by atoms with Crippen LogP contribution in [0.3, 0.4) is 0 Å². The average molecular weight is 535 g/mol. The number of benzene rings is 6. The van der Waals surface area contributed by atoms with Crippen LogP contribution in [0.15, 0.2) is 158 Å². The van der Waals surface area contributed by atoms with Crippen LogP contribution in [0.25, 0.3) is 77.1 Å². The molecule has 8 aromatic rings. The van der Waals surface area contributed by atoms with Crippen LogP contribution in [0.1, 0.15) is 0 Å². The van der Waals surface area contributed by atoms with Gasteiger partial charge in [0.2, 0.25) is 0 Å². The second kappa shape index (κ2) is 10.1. The van der Waals surface area contributed by atoms with E-state index < -0.39 is 0 Å². The Bertz CT molecular complexity index is 2240. The number of rotatable bonds is 4. The van der Waals surface area contributed by atoms with Gasteiger partial charge in [-0.2, -0.15) is 0 Å². The minimum atomic E-state index is 0.971. The van der Waals surface area contributed by atoms with Gasteiger partial charge in [0.1, 0.15) is 0 Å². The Kier molecular flexibility index (Phi) is 5.82. The molecule has 0 saturated heterocycles. The van der Waals surface area contributed by atoms with E-state index in [1.165, 1.54) is 32.7 Å². The summed E-state index contributed by atoms with van der Waals surface area (Å²) in [4.78, 5) is 9.61. The SMILES string of the molecule is c1cncc(-c2cccc(-c3cc(-c4cccc5ccccc45)nc4ccc(-c5cccc6ccccc56)cc34)c2)c1. The van der Waals surface area contributed by atoms with Crippen LogP contribution >= 0.6 is 0 Å². The molecule has 0 saturated carbocycles. The summed E-state index contributed by atoms with van der Waals surface area (Å²) in [5.41, 5.74) is 10.1. The topological polar surface area (TPSA) is 25.8 Å². The molecule has 0 aliphatic heterocycles. The third-order valence-corrected chi connectivity index (χ3v) is 8.14. The van der Waals surface area contributed by atoms with E-state index >= 15 is 0 Å². The molecule has 2 heteroatoms. The van der Waals surface area contributed by atoms with Crippen molar-refractivity contribution in [3.05, 3.63) is 158 Å². The molecule has 2 heterocycles. The number of aromatic nitrogens is 2. The van der Waals surface area contributed by atoms with Crippen molar-refractivity contribution in [2.45, 2.75) is 0 Å². The summed E-state index contributed by atoms with van der Waals surface area (Å²) < 4.78 is 0. The summed E-state index contributed by atoms with van der Waals surface area (Å²) >= 11 is 0. The van der Waals surface area contributed by atoms with Crippen LogP contribution in [0.4, 0.5) is 0 Å². The minimum Gasteiger partial charge on any atom is -0.264 e. The molecule has 0 fully saturated rings. The van der Waals surface area contributed by atoms with Gasteiger partial charge in [0.05, 0.1) is 11.2 Å². The van der Waals surface area contributed by atoms with Gasteiger partial charge in [-0.3, -0.25) is 4.98 Å². The Hall–Kier alpha value is -5.60. The van der Waals surface area contributed by atoms with Crippen molar-refractivity contribution in [2.75, 3.05) is 0 Å². The molecule has 2 nitrogen and oxygen atoms in total. The zero-order valence-electron chi connectivity index (χ0n) is 22.9. The van der Waals surface area contributed by atoms with Crippen LogP contribution in [-0.2, 0) is 0 Å². The van der Waals surface area contributed by atoms with Crippen LogP contribution in [0.5, 0.6) is 0 Å². The van der Waals surface area contributed by atoms with Crippen molar-refractivity contribution in [3.8, 4) is 44.6 Å². The highest BCUT2D eigenvalue weighted by Gasteiger charge is 2.14. The summed E-state index contributed by atoms with van der Waals surface area (Å²) in [6.07, 6.45) is 3.74. The van der Waals surface area contributed by atoms with E-state index in [1.807, 2.05) is 18.5 Å². The van der Waals surface area contributed by atoms with Crippen LogP contribution < -0.4 is 0 Å². The second-order valence-electron chi connectivity index (χ2n) is 10.7. The van der Waals surface area contributed by atoms with Gasteiger partial charge in [0, 0.05) is 28.9 Å². The Morgan fingerprint density at radius 1 is 0.381 bits per heavy atom. The lowest BCUT2D eigenvalue weighted by molar-refractivity contribution is 1.33. The normalized spacial score (nSPS) is 11.3. The van der Waals surface area contributed by atoms with Crippen LogP contribution in [0, 0.1) is 0 Å². The molecule has 0 aliphatic rings. The standard InChI is InChI=1S/C40H26N2/c1-3-16-33-27(9-1)11-6-18-35(33)31-20-21-39-38(24-31)37(30-14-5-13-29(23-30)32-15-8-22-41-26-32)25-40(42-39)36-19-7-12-28-10-2-4-17-34(28)36/h1-26H. The summed E-state index contributed by atoms with van der Waals surface area (Å²) in [7, 11) is 0. The Balaban J connectivity index is 1.39. The fraction of sp³-hybridized carbons (Fsp3) is 0. The summed E-state index contributed by atoms with van der Waals surface area (Å²) in [6, 6.07) is 51.9. The first-order valence-electron chi connectivity index (χ1n) is 14.2. The summed E-state index contributed by atoms with van der Waals surface area (Å²) in [6.45, 7) is 0. The van der Waals surface area contributed by atoms with Crippen molar-refractivity contribution in [2.24, 2.45) is 0 Å². The molecule has 0 atom stereocenters. The lowest BCUT2D eigenvalue weighted by atomic mass is 9.92. The zero-order chi connectivity index (χ0) is 27.9. The third-order valence-electron chi connectivity index (χ3n) is 8.14. The van der Waals surface area contributed by atoms with Crippen LogP contribution in [-0.4, -0.2) is 9.97 Å². The fourth-order valence-electron chi connectivity index (χ4n) is 6.10. The third kappa shape index (κ3) is 4.22. The highest BCUT2D eigenvalue weighted by molar-refractivity contribution is 6.04. The second-order valence-corrected chi connectivity index (χ2v) is 10.7. The maximum absolute atomic E-state index is 5.25. The molecule has 0 N–H and O–H groups in total. The molecule has 6 aromatic carbocycles. The van der Waals surface area contributed by atoms with Crippen molar-refractivity contribution >= 4 is 32.4 Å².